The number of hydrogen-bond acceptors (Lipinski definition) is 2. The third-order valence-corrected chi connectivity index (χ3v) is 12.9. The van der Waals surface area contributed by atoms with Crippen LogP contribution in [0.5, 0.6) is 0 Å². The Hall–Kier alpha value is -8.60. The predicted octanol–water partition coefficient (Wildman–Crippen LogP) is 16.6. The van der Waals surface area contributed by atoms with Gasteiger partial charge in [-0.15, -0.1) is 0 Å². The fourth-order valence-electron chi connectivity index (χ4n) is 10.1. The van der Waals surface area contributed by atoms with Gasteiger partial charge in [-0.3, -0.25) is 0 Å². The first-order valence-electron chi connectivity index (χ1n) is 21.8. The minimum Gasteiger partial charge on any atom is -0.456 e. The van der Waals surface area contributed by atoms with E-state index in [0.717, 1.165) is 55.9 Å². The van der Waals surface area contributed by atoms with Crippen molar-refractivity contribution in [2.75, 3.05) is 4.90 Å². The number of anilines is 3. The minimum atomic E-state index is 0.838. The zero-order chi connectivity index (χ0) is 42.1. The number of benzene rings is 10. The summed E-state index contributed by atoms with van der Waals surface area (Å²) in [6.07, 6.45) is 0. The Balaban J connectivity index is 0.959. The highest BCUT2D eigenvalue weighted by atomic mass is 16.3. The molecule has 0 atom stereocenters. The summed E-state index contributed by atoms with van der Waals surface area (Å²) >= 11 is 0. The topological polar surface area (TPSA) is 26.2 Å². The molecular weight excluding hydrogens is 779 g/mol. The SMILES string of the molecule is c1ccc(-c2ccc(N(c3ccc(-c4cccc5c4c4ccccc4n5-c4ccccc4)cc3)c3ccc4c(c3)oc3cccc(-n5c6ccccc6c6ccccc65)c34)cc2)cc1. The van der Waals surface area contributed by atoms with Crippen molar-refractivity contribution in [3.8, 4) is 33.6 Å². The molecule has 3 heterocycles. The minimum absolute atomic E-state index is 0.838. The molecule has 13 aromatic rings. The molecule has 64 heavy (non-hydrogen) atoms. The van der Waals surface area contributed by atoms with E-state index in [4.69, 9.17) is 4.42 Å². The van der Waals surface area contributed by atoms with Crippen LogP contribution in [0.4, 0.5) is 17.1 Å². The molecule has 0 spiro atoms. The largest absolute Gasteiger partial charge is 0.456 e. The molecule has 0 fully saturated rings. The molecule has 10 aromatic carbocycles. The van der Waals surface area contributed by atoms with Crippen molar-refractivity contribution in [3.63, 3.8) is 0 Å². The molecule has 13 rings (SSSR count). The number of aromatic nitrogens is 2. The maximum absolute atomic E-state index is 6.80. The summed E-state index contributed by atoms with van der Waals surface area (Å²) < 4.78 is 11.6. The summed E-state index contributed by atoms with van der Waals surface area (Å²) in [4.78, 5) is 2.33. The second kappa shape index (κ2) is 14.5. The molecule has 0 bridgehead atoms. The van der Waals surface area contributed by atoms with Crippen LogP contribution in [0.1, 0.15) is 0 Å². The van der Waals surface area contributed by atoms with Crippen LogP contribution in [0.2, 0.25) is 0 Å². The molecule has 4 heteroatoms. The smallest absolute Gasteiger partial charge is 0.137 e. The van der Waals surface area contributed by atoms with Gasteiger partial charge in [0.1, 0.15) is 11.2 Å². The Morgan fingerprint density at radius 2 is 0.844 bits per heavy atom. The first-order valence-corrected chi connectivity index (χ1v) is 21.8. The first-order chi connectivity index (χ1) is 31.8. The molecule has 0 aliphatic heterocycles. The lowest BCUT2D eigenvalue weighted by atomic mass is 9.99. The van der Waals surface area contributed by atoms with Gasteiger partial charge >= 0.3 is 0 Å². The highest BCUT2D eigenvalue weighted by Crippen LogP contribution is 2.44. The molecule has 4 nitrogen and oxygen atoms in total. The molecule has 0 saturated heterocycles. The Morgan fingerprint density at radius 1 is 0.312 bits per heavy atom. The molecule has 300 valence electrons. The number of nitrogens with zero attached hydrogens (tertiary/aromatic N) is 3. The van der Waals surface area contributed by atoms with Gasteiger partial charge in [-0.25, -0.2) is 0 Å². The van der Waals surface area contributed by atoms with Crippen LogP contribution in [0.15, 0.2) is 241 Å². The average molecular weight is 818 g/mol. The summed E-state index contributed by atoms with van der Waals surface area (Å²) in [5.41, 5.74) is 16.5. The van der Waals surface area contributed by atoms with E-state index in [1.807, 2.05) is 0 Å². The molecule has 0 saturated carbocycles. The van der Waals surface area contributed by atoms with Crippen LogP contribution < -0.4 is 4.90 Å². The van der Waals surface area contributed by atoms with E-state index < -0.39 is 0 Å². The maximum atomic E-state index is 6.80. The zero-order valence-corrected chi connectivity index (χ0v) is 34.8. The molecule has 3 aromatic heterocycles. The average Bonchev–Trinajstić information content (AvgIpc) is 4.03. The van der Waals surface area contributed by atoms with Crippen LogP contribution in [0.25, 0.3) is 99.2 Å². The first kappa shape index (κ1) is 36.1. The van der Waals surface area contributed by atoms with Gasteiger partial charge in [0, 0.05) is 55.7 Å². The van der Waals surface area contributed by atoms with Crippen LogP contribution >= 0.6 is 0 Å². The molecule has 0 radical (unpaired) electrons. The van der Waals surface area contributed by atoms with Gasteiger partial charge < -0.3 is 18.5 Å². The predicted molar refractivity (Wildman–Crippen MR) is 268 cm³/mol. The Morgan fingerprint density at radius 3 is 1.53 bits per heavy atom. The lowest BCUT2D eigenvalue weighted by molar-refractivity contribution is 0.669. The van der Waals surface area contributed by atoms with Crippen molar-refractivity contribution in [1.29, 1.82) is 0 Å². The number of hydrogen-bond donors (Lipinski definition) is 0. The molecule has 0 unspecified atom stereocenters. The number of fused-ring (bicyclic) bond motifs is 9. The van der Waals surface area contributed by atoms with E-state index >= 15 is 0 Å². The molecular formula is C60H39N3O. The van der Waals surface area contributed by atoms with Crippen LogP contribution in [-0.4, -0.2) is 9.13 Å². The second-order valence-corrected chi connectivity index (χ2v) is 16.5. The second-order valence-electron chi connectivity index (χ2n) is 16.5. The lowest BCUT2D eigenvalue weighted by Gasteiger charge is -2.26. The van der Waals surface area contributed by atoms with Gasteiger partial charge in [-0.2, -0.15) is 0 Å². The summed E-state index contributed by atoms with van der Waals surface area (Å²) in [5.74, 6) is 0. The van der Waals surface area contributed by atoms with Crippen molar-refractivity contribution < 1.29 is 4.42 Å². The lowest BCUT2D eigenvalue weighted by Crippen LogP contribution is -2.09. The van der Waals surface area contributed by atoms with E-state index in [1.54, 1.807) is 0 Å². The van der Waals surface area contributed by atoms with E-state index in [0.29, 0.717) is 0 Å². The zero-order valence-electron chi connectivity index (χ0n) is 34.8. The third-order valence-electron chi connectivity index (χ3n) is 12.9. The van der Waals surface area contributed by atoms with Crippen molar-refractivity contribution in [2.24, 2.45) is 0 Å². The van der Waals surface area contributed by atoms with Gasteiger partial charge in [0.2, 0.25) is 0 Å². The van der Waals surface area contributed by atoms with Gasteiger partial charge in [-0.05, 0) is 107 Å². The summed E-state index contributed by atoms with van der Waals surface area (Å²) in [6.45, 7) is 0. The number of para-hydroxylation sites is 4. The Labute approximate surface area is 369 Å². The van der Waals surface area contributed by atoms with Crippen LogP contribution in [0.3, 0.4) is 0 Å². The van der Waals surface area contributed by atoms with Gasteiger partial charge in [0.15, 0.2) is 0 Å². The normalized spacial score (nSPS) is 11.8. The standard InChI is InChI=1S/C60H39N3O/c1-3-15-40(16-4-1)41-29-33-44(34-30-41)61(45-35-31-42(32-36-45)47-22-13-26-55-59(47)50-21-9-12-25-54(50)62(55)43-17-5-2-6-18-43)46-37-38-51-58(39-46)64-57-28-14-27-56(60(51)57)63-52-23-10-7-19-48(52)49-20-8-11-24-53(49)63/h1-39H. The highest BCUT2D eigenvalue weighted by molar-refractivity contribution is 6.17. The van der Waals surface area contributed by atoms with E-state index in [9.17, 15) is 0 Å². The summed E-state index contributed by atoms with van der Waals surface area (Å²) in [7, 11) is 0. The fourth-order valence-corrected chi connectivity index (χ4v) is 10.1. The highest BCUT2D eigenvalue weighted by Gasteiger charge is 2.21. The van der Waals surface area contributed by atoms with Gasteiger partial charge in [0.05, 0.1) is 33.1 Å². The van der Waals surface area contributed by atoms with E-state index in [1.165, 1.54) is 60.3 Å². The van der Waals surface area contributed by atoms with Crippen molar-refractivity contribution >= 4 is 82.6 Å². The van der Waals surface area contributed by atoms with E-state index in [2.05, 4.69) is 251 Å². The third kappa shape index (κ3) is 5.63. The van der Waals surface area contributed by atoms with E-state index in [-0.39, 0.29) is 0 Å². The molecule has 0 aliphatic rings. The van der Waals surface area contributed by atoms with Crippen molar-refractivity contribution in [1.82, 2.24) is 9.13 Å². The maximum Gasteiger partial charge on any atom is 0.137 e. The van der Waals surface area contributed by atoms with Gasteiger partial charge in [0.25, 0.3) is 0 Å². The quantitative estimate of drug-likeness (QED) is 0.160. The number of rotatable bonds is 7. The molecule has 0 aliphatic carbocycles. The van der Waals surface area contributed by atoms with Crippen molar-refractivity contribution in [3.05, 3.63) is 237 Å². The fraction of sp³-hybridized carbons (Fsp3) is 0. The summed E-state index contributed by atoms with van der Waals surface area (Å²) in [6, 6.07) is 84.9. The Kier molecular flexibility index (Phi) is 8.18. The van der Waals surface area contributed by atoms with Gasteiger partial charge in [-0.1, -0.05) is 146 Å². The van der Waals surface area contributed by atoms with Crippen molar-refractivity contribution in [2.45, 2.75) is 0 Å². The Bertz CT molecular complexity index is 3820. The number of furan rings is 1. The van der Waals surface area contributed by atoms with Crippen LogP contribution in [0, 0.1) is 0 Å². The summed E-state index contributed by atoms with van der Waals surface area (Å²) in [5, 5.41) is 7.14. The monoisotopic (exact) mass is 817 g/mol. The molecule has 0 N–H and O–H groups in total. The molecule has 0 amide bonds. The van der Waals surface area contributed by atoms with Crippen LogP contribution in [-0.2, 0) is 0 Å².